The molecule has 1 fully saturated rings. The molecule has 4 rings (SSSR count). The number of nitrogens with zero attached hydrogens (tertiary/aromatic N) is 5. The van der Waals surface area contributed by atoms with Gasteiger partial charge in [0.1, 0.15) is 6.04 Å². The maximum Gasteiger partial charge on any atom is 0.253 e. The highest BCUT2D eigenvalue weighted by molar-refractivity contribution is 5.80. The molecule has 0 bridgehead atoms. The van der Waals surface area contributed by atoms with Gasteiger partial charge >= 0.3 is 0 Å². The molecule has 0 saturated carbocycles. The normalized spacial score (nSPS) is 16.1. The summed E-state index contributed by atoms with van der Waals surface area (Å²) in [5, 5.41) is 13.3. The molecule has 1 saturated heterocycles. The van der Waals surface area contributed by atoms with Crippen LogP contribution in [0.4, 0.5) is 0 Å². The molecule has 3 aromatic rings. The molecule has 148 valence electrons. The summed E-state index contributed by atoms with van der Waals surface area (Å²) in [6.07, 6.45) is 3.18. The van der Waals surface area contributed by atoms with Gasteiger partial charge in [0.15, 0.2) is 5.82 Å². The molecule has 1 aliphatic rings. The first kappa shape index (κ1) is 18.8. The molecule has 2 aromatic heterocycles. The highest BCUT2D eigenvalue weighted by Crippen LogP contribution is 2.29. The van der Waals surface area contributed by atoms with Gasteiger partial charge in [0.2, 0.25) is 0 Å². The Kier molecular flexibility index (Phi) is 5.50. The predicted octanol–water partition coefficient (Wildman–Crippen LogP) is 1.91. The van der Waals surface area contributed by atoms with Crippen LogP contribution in [0.25, 0.3) is 10.9 Å². The van der Waals surface area contributed by atoms with Crippen LogP contribution in [0.3, 0.4) is 0 Å². The number of pyridine rings is 1. The summed E-state index contributed by atoms with van der Waals surface area (Å²) in [7, 11) is 1.65. The number of H-pyrrole nitrogens is 1. The van der Waals surface area contributed by atoms with Gasteiger partial charge in [-0.3, -0.25) is 9.69 Å². The Morgan fingerprint density at radius 1 is 1.25 bits per heavy atom. The Morgan fingerprint density at radius 3 is 2.82 bits per heavy atom. The van der Waals surface area contributed by atoms with E-state index in [-0.39, 0.29) is 11.6 Å². The van der Waals surface area contributed by atoms with Crippen LogP contribution in [0.2, 0.25) is 0 Å². The smallest absolute Gasteiger partial charge is 0.253 e. The number of benzene rings is 1. The molecular weight excluding hydrogens is 356 g/mol. The maximum atomic E-state index is 13.0. The fraction of sp³-hybridized carbons (Fsp3) is 0.500. The molecule has 0 amide bonds. The number of rotatable bonds is 7. The number of methoxy groups -OCH3 is 1. The van der Waals surface area contributed by atoms with Gasteiger partial charge in [0, 0.05) is 18.2 Å². The summed E-state index contributed by atoms with van der Waals surface area (Å²) < 4.78 is 6.94. The van der Waals surface area contributed by atoms with Crippen molar-refractivity contribution in [2.75, 3.05) is 26.8 Å². The Balaban J connectivity index is 1.84. The lowest BCUT2D eigenvalue weighted by atomic mass is 10.0. The van der Waals surface area contributed by atoms with E-state index in [0.29, 0.717) is 24.5 Å². The van der Waals surface area contributed by atoms with Crippen LogP contribution < -0.4 is 5.56 Å². The number of aryl methyl sites for hydroxylation is 1. The Morgan fingerprint density at radius 2 is 2.07 bits per heavy atom. The largest absolute Gasteiger partial charge is 0.383 e. The molecule has 1 aromatic carbocycles. The van der Waals surface area contributed by atoms with Gasteiger partial charge in [-0.05, 0) is 71.9 Å². The summed E-state index contributed by atoms with van der Waals surface area (Å²) in [5.74, 6) is 0.690. The highest BCUT2D eigenvalue weighted by atomic mass is 16.5. The van der Waals surface area contributed by atoms with Crippen molar-refractivity contribution >= 4 is 10.9 Å². The highest BCUT2D eigenvalue weighted by Gasteiger charge is 2.31. The van der Waals surface area contributed by atoms with Gasteiger partial charge in [-0.2, -0.15) is 0 Å². The number of ether oxygens (including phenoxy) is 1. The van der Waals surface area contributed by atoms with Crippen molar-refractivity contribution < 1.29 is 4.74 Å². The zero-order chi connectivity index (χ0) is 19.5. The molecule has 8 nitrogen and oxygen atoms in total. The van der Waals surface area contributed by atoms with E-state index in [1.807, 2.05) is 12.1 Å². The molecule has 0 radical (unpaired) electrons. The van der Waals surface area contributed by atoms with Crippen LogP contribution in [0.1, 0.15) is 42.8 Å². The SMILES string of the molecule is CCc1ccc2[nH]c(=O)c([C@H](c3nnnn3CCOC)N3CCCC3)cc2c1. The van der Waals surface area contributed by atoms with Crippen LogP contribution in [0.5, 0.6) is 0 Å². The third kappa shape index (κ3) is 3.57. The molecule has 28 heavy (non-hydrogen) atoms. The molecule has 1 N–H and O–H groups in total. The van der Waals surface area contributed by atoms with Gasteiger partial charge in [0.25, 0.3) is 5.56 Å². The molecule has 8 heteroatoms. The molecule has 3 heterocycles. The minimum Gasteiger partial charge on any atom is -0.383 e. The van der Waals surface area contributed by atoms with E-state index in [4.69, 9.17) is 4.74 Å². The van der Waals surface area contributed by atoms with E-state index in [9.17, 15) is 4.79 Å². The van der Waals surface area contributed by atoms with Gasteiger partial charge in [-0.1, -0.05) is 13.0 Å². The van der Waals surface area contributed by atoms with Crippen molar-refractivity contribution in [2.24, 2.45) is 0 Å². The summed E-state index contributed by atoms with van der Waals surface area (Å²) in [6.45, 7) is 5.04. The third-order valence-corrected chi connectivity index (χ3v) is 5.46. The molecule has 1 atom stereocenters. The van der Waals surface area contributed by atoms with Gasteiger partial charge < -0.3 is 9.72 Å². The number of aromatic nitrogens is 5. The zero-order valence-electron chi connectivity index (χ0n) is 16.4. The predicted molar refractivity (Wildman–Crippen MR) is 106 cm³/mol. The molecule has 0 unspecified atom stereocenters. The molecular formula is C20H26N6O2. The second-order valence-electron chi connectivity index (χ2n) is 7.23. The van der Waals surface area contributed by atoms with Crippen LogP contribution >= 0.6 is 0 Å². The van der Waals surface area contributed by atoms with Crippen LogP contribution in [-0.4, -0.2) is 56.9 Å². The summed E-state index contributed by atoms with van der Waals surface area (Å²) in [5.41, 5.74) is 2.70. The lowest BCUT2D eigenvalue weighted by Gasteiger charge is -2.26. The number of aromatic amines is 1. The van der Waals surface area contributed by atoms with E-state index in [1.165, 1.54) is 5.56 Å². The lowest BCUT2D eigenvalue weighted by Crippen LogP contribution is -2.33. The van der Waals surface area contributed by atoms with Crippen molar-refractivity contribution in [1.82, 2.24) is 30.1 Å². The van der Waals surface area contributed by atoms with Crippen molar-refractivity contribution in [3.8, 4) is 0 Å². The van der Waals surface area contributed by atoms with Crippen LogP contribution in [0.15, 0.2) is 29.1 Å². The molecule has 0 aliphatic carbocycles. The van der Waals surface area contributed by atoms with Crippen LogP contribution in [-0.2, 0) is 17.7 Å². The van der Waals surface area contributed by atoms with E-state index in [1.54, 1.807) is 11.8 Å². The average molecular weight is 382 g/mol. The van der Waals surface area contributed by atoms with Crippen molar-refractivity contribution in [2.45, 2.75) is 38.8 Å². The number of fused-ring (bicyclic) bond motifs is 1. The molecule has 0 spiro atoms. The number of likely N-dealkylation sites (tertiary alicyclic amines) is 1. The summed E-state index contributed by atoms with van der Waals surface area (Å²) in [4.78, 5) is 18.4. The second-order valence-corrected chi connectivity index (χ2v) is 7.23. The second kappa shape index (κ2) is 8.20. The fourth-order valence-corrected chi connectivity index (χ4v) is 3.94. The Bertz CT molecular complexity index is 1010. The van der Waals surface area contributed by atoms with Gasteiger partial charge in [-0.25, -0.2) is 4.68 Å². The maximum absolute atomic E-state index is 13.0. The first-order valence-corrected chi connectivity index (χ1v) is 9.86. The first-order chi connectivity index (χ1) is 13.7. The fourth-order valence-electron chi connectivity index (χ4n) is 3.94. The van der Waals surface area contributed by atoms with Crippen LogP contribution in [0, 0.1) is 0 Å². The Hall–Kier alpha value is -2.58. The van der Waals surface area contributed by atoms with Gasteiger partial charge in [0.05, 0.1) is 13.2 Å². The van der Waals surface area contributed by atoms with E-state index in [2.05, 4.69) is 44.5 Å². The summed E-state index contributed by atoms with van der Waals surface area (Å²) >= 11 is 0. The standard InChI is InChI=1S/C20H26N6O2/c1-3-14-6-7-17-15(12-14)13-16(20(27)21-17)18(25-8-4-5-9-25)19-22-23-24-26(19)10-11-28-2/h6-7,12-13,18H,3-5,8-11H2,1-2H3,(H,21,27)/t18-/m1/s1. The topological polar surface area (TPSA) is 88.9 Å². The minimum absolute atomic E-state index is 0.0880. The quantitative estimate of drug-likeness (QED) is 0.671. The molecule has 1 aliphatic heterocycles. The number of nitrogens with one attached hydrogen (secondary N) is 1. The van der Waals surface area contributed by atoms with Crippen molar-refractivity contribution in [3.05, 3.63) is 51.6 Å². The third-order valence-electron chi connectivity index (χ3n) is 5.46. The van der Waals surface area contributed by atoms with E-state index >= 15 is 0 Å². The number of tetrazole rings is 1. The number of hydrogen-bond donors (Lipinski definition) is 1. The number of hydrogen-bond acceptors (Lipinski definition) is 6. The van der Waals surface area contributed by atoms with Gasteiger partial charge in [-0.15, -0.1) is 5.10 Å². The Labute approximate surface area is 163 Å². The van der Waals surface area contributed by atoms with E-state index < -0.39 is 0 Å². The minimum atomic E-state index is -0.271. The zero-order valence-corrected chi connectivity index (χ0v) is 16.4. The van der Waals surface area contributed by atoms with Crippen molar-refractivity contribution in [3.63, 3.8) is 0 Å². The first-order valence-electron chi connectivity index (χ1n) is 9.86. The monoisotopic (exact) mass is 382 g/mol. The summed E-state index contributed by atoms with van der Waals surface area (Å²) in [6, 6.07) is 7.91. The lowest BCUT2D eigenvalue weighted by molar-refractivity contribution is 0.178. The average Bonchev–Trinajstić information content (AvgIpc) is 3.39. The van der Waals surface area contributed by atoms with E-state index in [0.717, 1.165) is 43.3 Å². The van der Waals surface area contributed by atoms with Crippen molar-refractivity contribution in [1.29, 1.82) is 0 Å².